The average Bonchev–Trinajstić information content (AvgIpc) is 2.96. The van der Waals surface area contributed by atoms with Gasteiger partial charge in [0.25, 0.3) is 5.91 Å². The van der Waals surface area contributed by atoms with Gasteiger partial charge in [-0.2, -0.15) is 0 Å². The summed E-state index contributed by atoms with van der Waals surface area (Å²) in [4.78, 5) is 40.9. The molecule has 126 valence electrons. The van der Waals surface area contributed by atoms with E-state index in [0.717, 1.165) is 5.01 Å². The fraction of sp³-hybridized carbons (Fsp3) is 0.600. The molecule has 0 aliphatic carbocycles. The van der Waals surface area contributed by atoms with E-state index in [1.54, 1.807) is 10.3 Å². The Bertz CT molecular complexity index is 578. The molecule has 0 spiro atoms. The number of esters is 2. The van der Waals surface area contributed by atoms with E-state index in [1.165, 1.54) is 18.4 Å². The van der Waals surface area contributed by atoms with Crippen molar-refractivity contribution in [3.8, 4) is 0 Å². The average molecular weight is 340 g/mol. The van der Waals surface area contributed by atoms with Gasteiger partial charge in [0.2, 0.25) is 0 Å². The van der Waals surface area contributed by atoms with Crippen LogP contribution in [0.3, 0.4) is 0 Å². The lowest BCUT2D eigenvalue weighted by Crippen LogP contribution is -2.42. The third-order valence-electron chi connectivity index (χ3n) is 3.73. The van der Waals surface area contributed by atoms with Crippen molar-refractivity contribution in [1.29, 1.82) is 0 Å². The number of amides is 1. The molecule has 1 aliphatic heterocycles. The molecule has 1 aromatic heterocycles. The molecule has 2 rings (SSSR count). The number of piperidine rings is 1. The number of ether oxygens (including phenoxy) is 2. The standard InChI is InChI=1S/C15H20N2O5S/c1-10-16-12(9-23-10)7-14(19)22-8-13(18)17-5-3-11(4-6-17)15(20)21-2/h9,11H,3-8H2,1-2H3. The number of methoxy groups -OCH3 is 1. The summed E-state index contributed by atoms with van der Waals surface area (Å²) in [7, 11) is 1.36. The van der Waals surface area contributed by atoms with E-state index in [-0.39, 0.29) is 30.8 Å². The third-order valence-corrected chi connectivity index (χ3v) is 4.55. The highest BCUT2D eigenvalue weighted by atomic mass is 32.1. The SMILES string of the molecule is COC(=O)C1CCN(C(=O)COC(=O)Cc2csc(C)n2)CC1. The zero-order valence-corrected chi connectivity index (χ0v) is 14.1. The van der Waals surface area contributed by atoms with Crippen molar-refractivity contribution in [2.75, 3.05) is 26.8 Å². The summed E-state index contributed by atoms with van der Waals surface area (Å²) in [6, 6.07) is 0. The molecule has 1 aromatic rings. The van der Waals surface area contributed by atoms with Gasteiger partial charge >= 0.3 is 11.9 Å². The Kier molecular flexibility index (Phi) is 6.09. The first-order valence-corrected chi connectivity index (χ1v) is 8.29. The summed E-state index contributed by atoms with van der Waals surface area (Å²) in [5.41, 5.74) is 0.656. The van der Waals surface area contributed by atoms with Crippen LogP contribution in [0.2, 0.25) is 0 Å². The summed E-state index contributed by atoms with van der Waals surface area (Å²) in [5, 5.41) is 2.69. The minimum atomic E-state index is -0.465. The number of carbonyl (C=O) groups is 3. The van der Waals surface area contributed by atoms with E-state index in [2.05, 4.69) is 4.98 Å². The molecule has 8 heteroatoms. The Labute approximate surface area is 138 Å². The van der Waals surface area contributed by atoms with Crippen LogP contribution in [-0.4, -0.2) is 54.5 Å². The zero-order valence-electron chi connectivity index (χ0n) is 13.2. The lowest BCUT2D eigenvalue weighted by atomic mass is 9.97. The van der Waals surface area contributed by atoms with Gasteiger partial charge in [-0.3, -0.25) is 14.4 Å². The van der Waals surface area contributed by atoms with Crippen molar-refractivity contribution in [2.24, 2.45) is 5.92 Å². The van der Waals surface area contributed by atoms with Gasteiger partial charge in [-0.1, -0.05) is 0 Å². The quantitative estimate of drug-likeness (QED) is 0.742. The Morgan fingerprint density at radius 3 is 2.61 bits per heavy atom. The minimum absolute atomic E-state index is 0.0715. The maximum atomic E-state index is 12.0. The summed E-state index contributed by atoms with van der Waals surface area (Å²) in [6.07, 6.45) is 1.22. The first kappa shape index (κ1) is 17.4. The predicted octanol–water partition coefficient (Wildman–Crippen LogP) is 0.949. The minimum Gasteiger partial charge on any atom is -0.469 e. The number of carbonyl (C=O) groups excluding carboxylic acids is 3. The van der Waals surface area contributed by atoms with Gasteiger partial charge in [0.1, 0.15) is 0 Å². The second-order valence-corrected chi connectivity index (χ2v) is 6.44. The maximum Gasteiger partial charge on any atom is 0.312 e. The topological polar surface area (TPSA) is 85.8 Å². The maximum absolute atomic E-state index is 12.0. The zero-order chi connectivity index (χ0) is 16.8. The van der Waals surface area contributed by atoms with Crippen LogP contribution in [0.4, 0.5) is 0 Å². The first-order valence-electron chi connectivity index (χ1n) is 7.42. The van der Waals surface area contributed by atoms with E-state index in [4.69, 9.17) is 9.47 Å². The van der Waals surface area contributed by atoms with Crippen molar-refractivity contribution in [3.05, 3.63) is 16.1 Å². The highest BCUT2D eigenvalue weighted by molar-refractivity contribution is 7.09. The molecule has 23 heavy (non-hydrogen) atoms. The van der Waals surface area contributed by atoms with Crippen LogP contribution in [0.5, 0.6) is 0 Å². The van der Waals surface area contributed by atoms with Crippen LogP contribution < -0.4 is 0 Å². The fourth-order valence-corrected chi connectivity index (χ4v) is 3.07. The highest BCUT2D eigenvalue weighted by Crippen LogP contribution is 2.18. The molecule has 0 unspecified atom stereocenters. The Hall–Kier alpha value is -1.96. The molecular weight excluding hydrogens is 320 g/mol. The number of aryl methyl sites for hydroxylation is 1. The summed E-state index contributed by atoms with van der Waals surface area (Å²) in [5.74, 6) is -1.09. The molecule has 1 saturated heterocycles. The van der Waals surface area contributed by atoms with Gasteiger partial charge in [0.05, 0.1) is 30.2 Å². The van der Waals surface area contributed by atoms with Gasteiger partial charge in [0, 0.05) is 18.5 Å². The summed E-state index contributed by atoms with van der Waals surface area (Å²) in [6.45, 7) is 2.54. The van der Waals surface area contributed by atoms with Crippen molar-refractivity contribution in [2.45, 2.75) is 26.2 Å². The Morgan fingerprint density at radius 2 is 2.04 bits per heavy atom. The van der Waals surface area contributed by atoms with Crippen molar-refractivity contribution in [3.63, 3.8) is 0 Å². The van der Waals surface area contributed by atoms with Crippen molar-refractivity contribution >= 4 is 29.2 Å². The molecule has 1 aliphatic rings. The van der Waals surface area contributed by atoms with Crippen LogP contribution in [0.15, 0.2) is 5.38 Å². The molecule has 0 aromatic carbocycles. The number of hydrogen-bond donors (Lipinski definition) is 0. The predicted molar refractivity (Wildman–Crippen MR) is 82.8 cm³/mol. The molecule has 1 fully saturated rings. The molecule has 0 N–H and O–H groups in total. The number of nitrogens with zero attached hydrogens (tertiary/aromatic N) is 2. The third kappa shape index (κ3) is 5.02. The normalized spacial score (nSPS) is 15.3. The molecule has 2 heterocycles. The van der Waals surface area contributed by atoms with E-state index < -0.39 is 5.97 Å². The molecule has 0 radical (unpaired) electrons. The molecule has 7 nitrogen and oxygen atoms in total. The van der Waals surface area contributed by atoms with Crippen molar-refractivity contribution < 1.29 is 23.9 Å². The van der Waals surface area contributed by atoms with Gasteiger partial charge < -0.3 is 14.4 Å². The van der Waals surface area contributed by atoms with Gasteiger partial charge in [-0.25, -0.2) is 4.98 Å². The van der Waals surface area contributed by atoms with Gasteiger partial charge in [-0.15, -0.1) is 11.3 Å². The number of rotatable bonds is 5. The number of hydrogen-bond acceptors (Lipinski definition) is 7. The number of likely N-dealkylation sites (tertiary alicyclic amines) is 1. The molecule has 0 bridgehead atoms. The number of thiazole rings is 1. The second kappa shape index (κ2) is 8.05. The molecule has 0 atom stereocenters. The number of aromatic nitrogens is 1. The highest BCUT2D eigenvalue weighted by Gasteiger charge is 2.28. The smallest absolute Gasteiger partial charge is 0.312 e. The van der Waals surface area contributed by atoms with E-state index >= 15 is 0 Å². The van der Waals surface area contributed by atoms with E-state index in [9.17, 15) is 14.4 Å². The van der Waals surface area contributed by atoms with Crippen LogP contribution in [0.1, 0.15) is 23.5 Å². The van der Waals surface area contributed by atoms with Crippen molar-refractivity contribution in [1.82, 2.24) is 9.88 Å². The summed E-state index contributed by atoms with van der Waals surface area (Å²) < 4.78 is 9.71. The van der Waals surface area contributed by atoms with Gasteiger partial charge in [-0.05, 0) is 19.8 Å². The Morgan fingerprint density at radius 1 is 1.35 bits per heavy atom. The lowest BCUT2D eigenvalue weighted by Gasteiger charge is -2.30. The van der Waals surface area contributed by atoms with Gasteiger partial charge in [0.15, 0.2) is 6.61 Å². The van der Waals surface area contributed by atoms with E-state index in [0.29, 0.717) is 31.6 Å². The van der Waals surface area contributed by atoms with Crippen LogP contribution in [0, 0.1) is 12.8 Å². The fourth-order valence-electron chi connectivity index (χ4n) is 2.45. The van der Waals surface area contributed by atoms with Crippen LogP contribution >= 0.6 is 11.3 Å². The molecule has 0 saturated carbocycles. The summed E-state index contributed by atoms with van der Waals surface area (Å²) >= 11 is 1.47. The lowest BCUT2D eigenvalue weighted by molar-refractivity contribution is -0.153. The largest absolute Gasteiger partial charge is 0.469 e. The molecular formula is C15H20N2O5S. The first-order chi connectivity index (χ1) is 11.0. The molecule has 1 amide bonds. The van der Waals surface area contributed by atoms with Crippen LogP contribution in [-0.2, 0) is 30.3 Å². The second-order valence-electron chi connectivity index (χ2n) is 5.37. The van der Waals surface area contributed by atoms with Crippen LogP contribution in [0.25, 0.3) is 0 Å². The Balaban J connectivity index is 1.71. The monoisotopic (exact) mass is 340 g/mol. The van der Waals surface area contributed by atoms with E-state index in [1.807, 2.05) is 6.92 Å².